The van der Waals surface area contributed by atoms with Crippen molar-refractivity contribution in [3.05, 3.63) is 29.8 Å². The minimum Gasteiger partial charge on any atom is -0.476 e. The number of hydrogen-bond donors (Lipinski definition) is 3. The predicted molar refractivity (Wildman–Crippen MR) is 68.8 cm³/mol. The first-order valence-corrected chi connectivity index (χ1v) is 5.78. The second kappa shape index (κ2) is 5.05. The molecule has 0 amide bonds. The molecule has 0 aromatic carbocycles. The van der Waals surface area contributed by atoms with Gasteiger partial charge in [-0.25, -0.2) is 9.78 Å². The van der Waals surface area contributed by atoms with E-state index in [9.17, 15) is 4.79 Å². The Kier molecular flexibility index (Phi) is 3.47. The average molecular weight is 248 g/mol. The van der Waals surface area contributed by atoms with Gasteiger partial charge in [-0.2, -0.15) is 0 Å². The molecule has 0 radical (unpaired) electrons. The van der Waals surface area contributed by atoms with Crippen molar-refractivity contribution in [1.82, 2.24) is 14.7 Å². The zero-order valence-corrected chi connectivity index (χ0v) is 10.2. The lowest BCUT2D eigenvalue weighted by Crippen LogP contribution is -2.09. The van der Waals surface area contributed by atoms with E-state index < -0.39 is 5.97 Å². The van der Waals surface area contributed by atoms with Crippen LogP contribution in [0.3, 0.4) is 0 Å². The summed E-state index contributed by atoms with van der Waals surface area (Å²) in [6, 6.07) is 3.37. The first-order valence-electron chi connectivity index (χ1n) is 5.78. The van der Waals surface area contributed by atoms with Crippen molar-refractivity contribution >= 4 is 17.2 Å². The largest absolute Gasteiger partial charge is 0.476 e. The third-order valence-corrected chi connectivity index (χ3v) is 2.76. The molecule has 2 rings (SSSR count). The fourth-order valence-electron chi connectivity index (χ4n) is 1.92. The summed E-state index contributed by atoms with van der Waals surface area (Å²) in [5.74, 6) is -0.290. The molecule has 96 valence electrons. The smallest absolute Gasteiger partial charge is 0.356 e. The van der Waals surface area contributed by atoms with Gasteiger partial charge in [-0.3, -0.25) is 0 Å². The number of rotatable bonds is 5. The summed E-state index contributed by atoms with van der Waals surface area (Å²) in [6.45, 7) is 0.861. The molecule has 0 unspecified atom stereocenters. The van der Waals surface area contributed by atoms with Crippen LogP contribution in [0.5, 0.6) is 0 Å². The summed E-state index contributed by atoms with van der Waals surface area (Å²) in [7, 11) is 1.88. The van der Waals surface area contributed by atoms with Gasteiger partial charge in [-0.05, 0) is 32.1 Å². The van der Waals surface area contributed by atoms with Crippen molar-refractivity contribution in [2.75, 3.05) is 19.3 Å². The lowest BCUT2D eigenvalue weighted by atomic mass is 10.3. The van der Waals surface area contributed by atoms with Gasteiger partial charge in [0.2, 0.25) is 0 Å². The number of hydrogen-bond acceptors (Lipinski definition) is 4. The van der Waals surface area contributed by atoms with Crippen LogP contribution >= 0.6 is 0 Å². The van der Waals surface area contributed by atoms with Crippen LogP contribution in [-0.4, -0.2) is 34.1 Å². The molecule has 0 fully saturated rings. The minimum absolute atomic E-state index is 0.0782. The highest BCUT2D eigenvalue weighted by atomic mass is 16.4. The van der Waals surface area contributed by atoms with E-state index in [0.717, 1.165) is 18.8 Å². The van der Waals surface area contributed by atoms with E-state index in [-0.39, 0.29) is 5.69 Å². The van der Waals surface area contributed by atoms with Crippen molar-refractivity contribution in [2.24, 2.45) is 0 Å². The van der Waals surface area contributed by atoms with Crippen LogP contribution in [0.1, 0.15) is 22.7 Å². The number of aromatic nitrogens is 2. The van der Waals surface area contributed by atoms with Gasteiger partial charge < -0.3 is 20.6 Å². The number of nitrogens with two attached hydrogens (primary N) is 1. The van der Waals surface area contributed by atoms with Gasteiger partial charge in [0, 0.05) is 18.3 Å². The number of carboxylic acids is 1. The third kappa shape index (κ3) is 2.28. The fourth-order valence-corrected chi connectivity index (χ4v) is 1.92. The maximum Gasteiger partial charge on any atom is 0.356 e. The van der Waals surface area contributed by atoms with Crippen LogP contribution in [-0.2, 0) is 6.42 Å². The first kappa shape index (κ1) is 12.4. The maximum atomic E-state index is 11.1. The summed E-state index contributed by atoms with van der Waals surface area (Å²) >= 11 is 0. The minimum atomic E-state index is -1.02. The van der Waals surface area contributed by atoms with Gasteiger partial charge in [0.15, 0.2) is 5.69 Å². The number of imidazole rings is 1. The number of fused-ring (bicyclic) bond motifs is 1. The standard InChI is InChI=1S/C12H16N4O2/c1-14-6-2-3-10-15-11(12(17)18)9-5-4-8(13)7-16(9)10/h4-5,7,14H,2-3,6,13H2,1H3,(H,17,18). The summed E-state index contributed by atoms with van der Waals surface area (Å²) in [5.41, 5.74) is 6.97. The molecule has 0 bridgehead atoms. The predicted octanol–water partition coefficient (Wildman–Crippen LogP) is 0.767. The molecule has 18 heavy (non-hydrogen) atoms. The lowest BCUT2D eigenvalue weighted by molar-refractivity contribution is 0.0693. The van der Waals surface area contributed by atoms with E-state index in [4.69, 9.17) is 10.8 Å². The number of pyridine rings is 1. The van der Waals surface area contributed by atoms with Gasteiger partial charge >= 0.3 is 5.97 Å². The van der Waals surface area contributed by atoms with Gasteiger partial charge in [0.05, 0.1) is 5.52 Å². The molecule has 0 spiro atoms. The molecule has 2 aromatic rings. The Morgan fingerprint density at radius 2 is 2.33 bits per heavy atom. The third-order valence-electron chi connectivity index (χ3n) is 2.76. The molecule has 4 N–H and O–H groups in total. The van der Waals surface area contributed by atoms with Crippen LogP contribution in [0.2, 0.25) is 0 Å². The molecule has 0 saturated carbocycles. The van der Waals surface area contributed by atoms with E-state index in [0.29, 0.717) is 17.6 Å². The molecular formula is C12H16N4O2. The lowest BCUT2D eigenvalue weighted by Gasteiger charge is -2.02. The fraction of sp³-hybridized carbons (Fsp3) is 0.333. The molecule has 2 aromatic heterocycles. The monoisotopic (exact) mass is 248 g/mol. The van der Waals surface area contributed by atoms with Crippen molar-refractivity contribution < 1.29 is 9.90 Å². The van der Waals surface area contributed by atoms with E-state index in [1.54, 1.807) is 22.7 Å². The first-order chi connectivity index (χ1) is 8.63. The van der Waals surface area contributed by atoms with Crippen molar-refractivity contribution in [3.63, 3.8) is 0 Å². The topological polar surface area (TPSA) is 92.6 Å². The normalized spacial score (nSPS) is 10.9. The van der Waals surface area contributed by atoms with Crippen LogP contribution in [0, 0.1) is 0 Å². The second-order valence-corrected chi connectivity index (χ2v) is 4.11. The molecule has 0 saturated heterocycles. The SMILES string of the molecule is CNCCCc1nc(C(=O)O)c2ccc(N)cn12. The Balaban J connectivity index is 2.44. The zero-order chi connectivity index (χ0) is 13.1. The Bertz CT molecular complexity index is 577. The Morgan fingerprint density at radius 1 is 1.56 bits per heavy atom. The Labute approximate surface area is 104 Å². The summed E-state index contributed by atoms with van der Waals surface area (Å²) < 4.78 is 1.76. The van der Waals surface area contributed by atoms with Crippen molar-refractivity contribution in [3.8, 4) is 0 Å². The number of nitrogens with zero attached hydrogens (tertiary/aromatic N) is 2. The average Bonchev–Trinajstić information content (AvgIpc) is 2.68. The highest BCUT2D eigenvalue weighted by Crippen LogP contribution is 2.17. The quantitative estimate of drug-likeness (QED) is 0.679. The summed E-state index contributed by atoms with van der Waals surface area (Å²) in [6.07, 6.45) is 3.31. The Hall–Kier alpha value is -2.08. The molecular weight excluding hydrogens is 232 g/mol. The van der Waals surface area contributed by atoms with Crippen molar-refractivity contribution in [1.29, 1.82) is 0 Å². The summed E-state index contributed by atoms with van der Waals surface area (Å²) in [5, 5.41) is 12.2. The molecule has 2 heterocycles. The highest BCUT2D eigenvalue weighted by molar-refractivity contribution is 5.93. The number of aromatic carboxylic acids is 1. The van der Waals surface area contributed by atoms with Gasteiger partial charge in [-0.1, -0.05) is 0 Å². The van der Waals surface area contributed by atoms with E-state index in [2.05, 4.69) is 10.3 Å². The van der Waals surface area contributed by atoms with Gasteiger partial charge in [-0.15, -0.1) is 0 Å². The molecule has 0 aliphatic rings. The number of carboxylic acid groups (broad SMARTS) is 1. The summed E-state index contributed by atoms with van der Waals surface area (Å²) in [4.78, 5) is 15.3. The Morgan fingerprint density at radius 3 is 3.00 bits per heavy atom. The number of carbonyl (C=O) groups is 1. The molecule has 0 aliphatic heterocycles. The molecule has 0 atom stereocenters. The maximum absolute atomic E-state index is 11.1. The number of aryl methyl sites for hydroxylation is 1. The van der Waals surface area contributed by atoms with Crippen molar-refractivity contribution in [2.45, 2.75) is 12.8 Å². The van der Waals surface area contributed by atoms with E-state index in [1.165, 1.54) is 0 Å². The van der Waals surface area contributed by atoms with Gasteiger partial charge in [0.25, 0.3) is 0 Å². The van der Waals surface area contributed by atoms with E-state index >= 15 is 0 Å². The van der Waals surface area contributed by atoms with Crippen LogP contribution in [0.25, 0.3) is 5.52 Å². The molecule has 6 heteroatoms. The zero-order valence-electron chi connectivity index (χ0n) is 10.2. The number of anilines is 1. The van der Waals surface area contributed by atoms with Crippen LogP contribution < -0.4 is 11.1 Å². The van der Waals surface area contributed by atoms with Crippen LogP contribution in [0.4, 0.5) is 5.69 Å². The molecule has 6 nitrogen and oxygen atoms in total. The molecule has 0 aliphatic carbocycles. The second-order valence-electron chi connectivity index (χ2n) is 4.11. The van der Waals surface area contributed by atoms with Gasteiger partial charge in [0.1, 0.15) is 5.82 Å². The number of nitrogen functional groups attached to an aromatic ring is 1. The van der Waals surface area contributed by atoms with Crippen LogP contribution in [0.15, 0.2) is 18.3 Å². The highest BCUT2D eigenvalue weighted by Gasteiger charge is 2.16. The number of nitrogens with one attached hydrogen (secondary N) is 1. The van der Waals surface area contributed by atoms with E-state index in [1.807, 2.05) is 7.05 Å².